The lowest BCUT2D eigenvalue weighted by Crippen LogP contribution is -2.56. The molecule has 1 aliphatic rings. The summed E-state index contributed by atoms with van der Waals surface area (Å²) in [5.41, 5.74) is 0.406. The first-order valence-corrected chi connectivity index (χ1v) is 5.96. The molecule has 0 aromatic rings. The maximum absolute atomic E-state index is 2.66. The van der Waals surface area contributed by atoms with Gasteiger partial charge in [-0.3, -0.25) is 4.90 Å². The first-order chi connectivity index (χ1) is 6.54. The molecule has 1 nitrogen and oxygen atoms in total. The van der Waals surface area contributed by atoms with E-state index >= 15 is 0 Å². The van der Waals surface area contributed by atoms with Gasteiger partial charge in [0.25, 0.3) is 0 Å². The summed E-state index contributed by atoms with van der Waals surface area (Å²) in [4.78, 5) is 2.66. The van der Waals surface area contributed by atoms with E-state index in [2.05, 4.69) is 51.7 Å². The smallest absolute Gasteiger partial charge is 0.0270 e. The topological polar surface area (TPSA) is 3.24 Å². The number of nitrogens with zero attached hydrogens (tertiary/aromatic N) is 1. The fraction of sp³-hybridized carbons (Fsp3) is 0.846. The summed E-state index contributed by atoms with van der Waals surface area (Å²) < 4.78 is 0. The lowest BCUT2D eigenvalue weighted by molar-refractivity contribution is 0.0194. The summed E-state index contributed by atoms with van der Waals surface area (Å²) in [5.74, 6) is 0.736. The normalized spacial score (nSPS) is 29.1. The van der Waals surface area contributed by atoms with Crippen molar-refractivity contribution in [3.05, 3.63) is 12.2 Å². The van der Waals surface area contributed by atoms with Crippen LogP contribution >= 0.6 is 0 Å². The predicted molar refractivity (Wildman–Crippen MR) is 63.5 cm³/mol. The van der Waals surface area contributed by atoms with Crippen molar-refractivity contribution in [2.45, 2.75) is 59.0 Å². The molecule has 82 valence electrons. The molecule has 0 N–H and O–H groups in total. The second-order valence-electron chi connectivity index (χ2n) is 5.03. The van der Waals surface area contributed by atoms with Crippen molar-refractivity contribution in [2.75, 3.05) is 6.54 Å². The van der Waals surface area contributed by atoms with Crippen LogP contribution in [-0.2, 0) is 0 Å². The van der Waals surface area contributed by atoms with Crippen LogP contribution in [0, 0.1) is 5.92 Å². The Kier molecular flexibility index (Phi) is 3.77. The van der Waals surface area contributed by atoms with E-state index in [1.54, 1.807) is 0 Å². The SMILES string of the molecule is CCC1(C(C)C)CC=CCN1C(C)C. The number of hydrogen-bond donors (Lipinski definition) is 0. The molecule has 0 saturated heterocycles. The first-order valence-electron chi connectivity index (χ1n) is 5.96. The molecule has 1 heteroatoms. The van der Waals surface area contributed by atoms with E-state index in [9.17, 15) is 0 Å². The summed E-state index contributed by atoms with van der Waals surface area (Å²) in [7, 11) is 0. The Hall–Kier alpha value is -0.300. The molecule has 0 bridgehead atoms. The van der Waals surface area contributed by atoms with Crippen LogP contribution in [-0.4, -0.2) is 23.0 Å². The summed E-state index contributed by atoms with van der Waals surface area (Å²) >= 11 is 0. The van der Waals surface area contributed by atoms with Gasteiger partial charge < -0.3 is 0 Å². The standard InChI is InChI=1S/C13H25N/c1-6-13(11(2)3)9-7-8-10-14(13)12(4)5/h7-8,11-12H,6,9-10H2,1-5H3. The minimum atomic E-state index is 0.406. The van der Waals surface area contributed by atoms with Crippen LogP contribution in [0.15, 0.2) is 12.2 Å². The van der Waals surface area contributed by atoms with Crippen LogP contribution in [0.2, 0.25) is 0 Å². The Bertz CT molecular complexity index is 205. The zero-order chi connectivity index (χ0) is 10.8. The van der Waals surface area contributed by atoms with Gasteiger partial charge in [0.1, 0.15) is 0 Å². The first kappa shape index (κ1) is 11.8. The zero-order valence-corrected chi connectivity index (χ0v) is 10.4. The zero-order valence-electron chi connectivity index (χ0n) is 10.4. The Morgan fingerprint density at radius 2 is 1.86 bits per heavy atom. The minimum Gasteiger partial charge on any atom is -0.291 e. The average molecular weight is 195 g/mol. The predicted octanol–water partition coefficient (Wildman–Crippen LogP) is 3.46. The third-order valence-electron chi connectivity index (χ3n) is 3.82. The summed E-state index contributed by atoms with van der Waals surface area (Å²) in [6, 6.07) is 0.655. The molecular weight excluding hydrogens is 170 g/mol. The van der Waals surface area contributed by atoms with E-state index in [-0.39, 0.29) is 0 Å². The van der Waals surface area contributed by atoms with Crippen molar-refractivity contribution in [1.29, 1.82) is 0 Å². The number of hydrogen-bond acceptors (Lipinski definition) is 1. The van der Waals surface area contributed by atoms with Gasteiger partial charge in [-0.25, -0.2) is 0 Å². The highest BCUT2D eigenvalue weighted by Crippen LogP contribution is 2.36. The maximum atomic E-state index is 2.66. The lowest BCUT2D eigenvalue weighted by atomic mass is 9.77. The fourth-order valence-electron chi connectivity index (χ4n) is 2.82. The lowest BCUT2D eigenvalue weighted by Gasteiger charge is -2.50. The summed E-state index contributed by atoms with van der Waals surface area (Å²) in [6.45, 7) is 12.8. The third-order valence-corrected chi connectivity index (χ3v) is 3.82. The molecule has 14 heavy (non-hydrogen) atoms. The van der Waals surface area contributed by atoms with Gasteiger partial charge in [0.05, 0.1) is 0 Å². The van der Waals surface area contributed by atoms with Gasteiger partial charge in [0, 0.05) is 18.1 Å². The Labute approximate surface area is 89.2 Å². The maximum Gasteiger partial charge on any atom is 0.0270 e. The van der Waals surface area contributed by atoms with Gasteiger partial charge in [-0.2, -0.15) is 0 Å². The molecular formula is C13H25N. The molecule has 1 heterocycles. The van der Waals surface area contributed by atoms with Crippen LogP contribution < -0.4 is 0 Å². The molecule has 0 spiro atoms. The van der Waals surface area contributed by atoms with Crippen molar-refractivity contribution < 1.29 is 0 Å². The summed E-state index contributed by atoms with van der Waals surface area (Å²) in [6.07, 6.45) is 7.16. The highest BCUT2D eigenvalue weighted by molar-refractivity contribution is 5.07. The molecule has 0 amide bonds. The van der Waals surface area contributed by atoms with Crippen molar-refractivity contribution in [2.24, 2.45) is 5.92 Å². The molecule has 1 atom stereocenters. The van der Waals surface area contributed by atoms with E-state index in [4.69, 9.17) is 0 Å². The largest absolute Gasteiger partial charge is 0.291 e. The average Bonchev–Trinajstić information content (AvgIpc) is 2.17. The van der Waals surface area contributed by atoms with E-state index in [0.29, 0.717) is 11.6 Å². The highest BCUT2D eigenvalue weighted by atomic mass is 15.2. The second kappa shape index (κ2) is 4.48. The van der Waals surface area contributed by atoms with Crippen molar-refractivity contribution in [1.82, 2.24) is 4.90 Å². The van der Waals surface area contributed by atoms with Crippen molar-refractivity contribution in [3.8, 4) is 0 Å². The van der Waals surface area contributed by atoms with Crippen molar-refractivity contribution >= 4 is 0 Å². The van der Waals surface area contributed by atoms with Crippen LogP contribution in [0.4, 0.5) is 0 Å². The van der Waals surface area contributed by atoms with Gasteiger partial charge in [0.2, 0.25) is 0 Å². The molecule has 0 aromatic carbocycles. The second-order valence-corrected chi connectivity index (χ2v) is 5.03. The third kappa shape index (κ3) is 1.88. The van der Waals surface area contributed by atoms with E-state index in [1.807, 2.05) is 0 Å². The van der Waals surface area contributed by atoms with Crippen LogP contribution in [0.5, 0.6) is 0 Å². The highest BCUT2D eigenvalue weighted by Gasteiger charge is 2.39. The van der Waals surface area contributed by atoms with Crippen LogP contribution in [0.25, 0.3) is 0 Å². The van der Waals surface area contributed by atoms with Gasteiger partial charge in [-0.15, -0.1) is 0 Å². The van der Waals surface area contributed by atoms with Crippen molar-refractivity contribution in [3.63, 3.8) is 0 Å². The number of rotatable bonds is 3. The van der Waals surface area contributed by atoms with E-state index in [1.165, 1.54) is 12.8 Å². The fourth-order valence-corrected chi connectivity index (χ4v) is 2.82. The molecule has 0 aliphatic carbocycles. The summed E-state index contributed by atoms with van der Waals surface area (Å²) in [5, 5.41) is 0. The Morgan fingerprint density at radius 1 is 1.21 bits per heavy atom. The van der Waals surface area contributed by atoms with Gasteiger partial charge in [-0.1, -0.05) is 32.9 Å². The minimum absolute atomic E-state index is 0.406. The molecule has 0 saturated carbocycles. The van der Waals surface area contributed by atoms with Gasteiger partial charge >= 0.3 is 0 Å². The quantitative estimate of drug-likeness (QED) is 0.623. The Balaban J connectivity index is 2.95. The monoisotopic (exact) mass is 195 g/mol. The van der Waals surface area contributed by atoms with Crippen LogP contribution in [0.3, 0.4) is 0 Å². The van der Waals surface area contributed by atoms with E-state index < -0.39 is 0 Å². The van der Waals surface area contributed by atoms with Crippen LogP contribution in [0.1, 0.15) is 47.5 Å². The van der Waals surface area contributed by atoms with Gasteiger partial charge in [0.15, 0.2) is 0 Å². The molecule has 0 aromatic heterocycles. The Morgan fingerprint density at radius 3 is 2.21 bits per heavy atom. The molecule has 0 radical (unpaired) electrons. The van der Waals surface area contributed by atoms with E-state index in [0.717, 1.165) is 12.5 Å². The molecule has 1 aliphatic heterocycles. The molecule has 0 fully saturated rings. The molecule has 1 rings (SSSR count). The van der Waals surface area contributed by atoms with Gasteiger partial charge in [-0.05, 0) is 32.6 Å². The molecule has 1 unspecified atom stereocenters.